The molecule has 0 fully saturated rings. The summed E-state index contributed by atoms with van der Waals surface area (Å²) < 4.78 is 1.57. The second kappa shape index (κ2) is 5.52. The fourth-order valence-electron chi connectivity index (χ4n) is 2.27. The van der Waals surface area contributed by atoms with Gasteiger partial charge in [-0.2, -0.15) is 0 Å². The Balaban J connectivity index is 2.32. The molecule has 4 nitrogen and oxygen atoms in total. The Morgan fingerprint density at radius 3 is 2.53 bits per heavy atom. The molecule has 0 bridgehead atoms. The van der Waals surface area contributed by atoms with E-state index >= 15 is 0 Å². The largest absolute Gasteiger partial charge is 0.477 e. The zero-order valence-corrected chi connectivity index (χ0v) is 10.6. The molecule has 4 heteroatoms. The molecule has 2 aromatic rings. The van der Waals surface area contributed by atoms with Gasteiger partial charge in [0.2, 0.25) is 0 Å². The van der Waals surface area contributed by atoms with Crippen molar-refractivity contribution in [1.82, 2.24) is 4.57 Å². The van der Waals surface area contributed by atoms with Gasteiger partial charge >= 0.3 is 5.97 Å². The van der Waals surface area contributed by atoms with Crippen molar-refractivity contribution in [3.8, 4) is 0 Å². The lowest BCUT2D eigenvalue weighted by Crippen LogP contribution is -2.17. The van der Waals surface area contributed by atoms with Crippen LogP contribution in [0.4, 0.5) is 0 Å². The van der Waals surface area contributed by atoms with Gasteiger partial charge in [-0.1, -0.05) is 30.3 Å². The zero-order valence-electron chi connectivity index (χ0n) is 10.6. The molecule has 1 heterocycles. The number of aldehydes is 1. The molecule has 0 aliphatic carbocycles. The van der Waals surface area contributed by atoms with Crippen LogP contribution in [0, 0.1) is 0 Å². The number of hydrogen-bond donors (Lipinski definition) is 1. The number of benzene rings is 1. The third kappa shape index (κ3) is 2.73. The number of aromatic carboxylic acids is 1. The van der Waals surface area contributed by atoms with E-state index < -0.39 is 5.97 Å². The van der Waals surface area contributed by atoms with Crippen LogP contribution in [0.3, 0.4) is 0 Å². The second-order valence-corrected chi connectivity index (χ2v) is 4.48. The third-order valence-electron chi connectivity index (χ3n) is 3.10. The molecule has 1 atom stereocenters. The van der Waals surface area contributed by atoms with Gasteiger partial charge in [0.1, 0.15) is 5.69 Å². The summed E-state index contributed by atoms with van der Waals surface area (Å²) in [6.07, 6.45) is 1.37. The van der Waals surface area contributed by atoms with Gasteiger partial charge in [0.25, 0.3) is 0 Å². The molecule has 0 aliphatic rings. The predicted molar refractivity (Wildman–Crippen MR) is 71.6 cm³/mol. The van der Waals surface area contributed by atoms with Crippen molar-refractivity contribution < 1.29 is 14.7 Å². The standard InChI is InChI=1S/C15H15NO3/c1-11(9-12-5-3-2-4-6-12)16-13(10-17)7-8-14(16)15(18)19/h2-8,10-11H,9H2,1H3,(H,18,19). The average molecular weight is 257 g/mol. The van der Waals surface area contributed by atoms with Crippen LogP contribution in [-0.4, -0.2) is 21.9 Å². The molecule has 98 valence electrons. The minimum absolute atomic E-state index is 0.0938. The maximum absolute atomic E-state index is 11.2. The van der Waals surface area contributed by atoms with Crippen LogP contribution in [0.15, 0.2) is 42.5 Å². The van der Waals surface area contributed by atoms with E-state index in [1.807, 2.05) is 37.3 Å². The van der Waals surface area contributed by atoms with E-state index in [9.17, 15) is 9.59 Å². The topological polar surface area (TPSA) is 59.3 Å². The quantitative estimate of drug-likeness (QED) is 0.838. The summed E-state index contributed by atoms with van der Waals surface area (Å²) in [5.41, 5.74) is 1.64. The Bertz CT molecular complexity index is 587. The molecule has 0 aliphatic heterocycles. The Hall–Kier alpha value is -2.36. The molecule has 0 amide bonds. The van der Waals surface area contributed by atoms with Crippen molar-refractivity contribution in [2.75, 3.05) is 0 Å². The van der Waals surface area contributed by atoms with E-state index in [0.717, 1.165) is 5.56 Å². The fraction of sp³-hybridized carbons (Fsp3) is 0.200. The van der Waals surface area contributed by atoms with Gasteiger partial charge in [-0.05, 0) is 31.0 Å². The summed E-state index contributed by atoms with van der Waals surface area (Å²) in [6.45, 7) is 1.91. The highest BCUT2D eigenvalue weighted by Crippen LogP contribution is 2.20. The Morgan fingerprint density at radius 1 is 1.26 bits per heavy atom. The number of rotatable bonds is 5. The summed E-state index contributed by atoms with van der Waals surface area (Å²) in [4.78, 5) is 22.2. The van der Waals surface area contributed by atoms with Crippen LogP contribution in [0.1, 0.15) is 39.5 Å². The minimum atomic E-state index is -1.02. The first-order chi connectivity index (χ1) is 9.13. The van der Waals surface area contributed by atoms with Crippen molar-refractivity contribution >= 4 is 12.3 Å². The van der Waals surface area contributed by atoms with Gasteiger partial charge in [-0.15, -0.1) is 0 Å². The lowest BCUT2D eigenvalue weighted by Gasteiger charge is -2.17. The molecule has 0 radical (unpaired) electrons. The molecular formula is C15H15NO3. The highest BCUT2D eigenvalue weighted by atomic mass is 16.4. The molecule has 0 saturated carbocycles. The Morgan fingerprint density at radius 2 is 1.95 bits per heavy atom. The first-order valence-corrected chi connectivity index (χ1v) is 6.07. The number of nitrogens with zero attached hydrogens (tertiary/aromatic N) is 1. The van der Waals surface area contributed by atoms with Crippen LogP contribution in [-0.2, 0) is 6.42 Å². The Kier molecular flexibility index (Phi) is 3.80. The second-order valence-electron chi connectivity index (χ2n) is 4.48. The lowest BCUT2D eigenvalue weighted by molar-refractivity contribution is 0.0682. The summed E-state index contributed by atoms with van der Waals surface area (Å²) in [5, 5.41) is 9.15. The smallest absolute Gasteiger partial charge is 0.352 e. The molecule has 2 rings (SSSR count). The van der Waals surface area contributed by atoms with Crippen LogP contribution in [0.5, 0.6) is 0 Å². The highest BCUT2D eigenvalue weighted by molar-refractivity contribution is 5.88. The van der Waals surface area contributed by atoms with Crippen molar-refractivity contribution in [3.63, 3.8) is 0 Å². The number of carbonyl (C=O) groups excluding carboxylic acids is 1. The SMILES string of the molecule is CC(Cc1ccccc1)n1c(C=O)ccc1C(=O)O. The minimum Gasteiger partial charge on any atom is -0.477 e. The van der Waals surface area contributed by atoms with E-state index in [1.165, 1.54) is 12.1 Å². The molecule has 19 heavy (non-hydrogen) atoms. The van der Waals surface area contributed by atoms with Gasteiger partial charge in [0.05, 0.1) is 5.69 Å². The zero-order chi connectivity index (χ0) is 13.8. The first kappa shape index (κ1) is 13.1. The van der Waals surface area contributed by atoms with Crippen LogP contribution >= 0.6 is 0 Å². The molecular weight excluding hydrogens is 242 g/mol. The monoisotopic (exact) mass is 257 g/mol. The maximum atomic E-state index is 11.2. The molecule has 1 N–H and O–H groups in total. The van der Waals surface area contributed by atoms with Crippen molar-refractivity contribution in [1.29, 1.82) is 0 Å². The van der Waals surface area contributed by atoms with Crippen LogP contribution < -0.4 is 0 Å². The van der Waals surface area contributed by atoms with Crippen molar-refractivity contribution in [2.24, 2.45) is 0 Å². The highest BCUT2D eigenvalue weighted by Gasteiger charge is 2.18. The number of carboxylic acids is 1. The first-order valence-electron chi connectivity index (χ1n) is 6.07. The van der Waals surface area contributed by atoms with E-state index in [2.05, 4.69) is 0 Å². The van der Waals surface area contributed by atoms with E-state index in [4.69, 9.17) is 5.11 Å². The summed E-state index contributed by atoms with van der Waals surface area (Å²) in [7, 11) is 0. The van der Waals surface area contributed by atoms with E-state index in [1.54, 1.807) is 4.57 Å². The van der Waals surface area contributed by atoms with Crippen molar-refractivity contribution in [3.05, 3.63) is 59.4 Å². The van der Waals surface area contributed by atoms with Gasteiger partial charge < -0.3 is 9.67 Å². The number of carbonyl (C=O) groups is 2. The molecule has 1 aromatic heterocycles. The van der Waals surface area contributed by atoms with E-state index in [-0.39, 0.29) is 11.7 Å². The Labute approximate surface area is 111 Å². The predicted octanol–water partition coefficient (Wildman–Crippen LogP) is 2.80. The van der Waals surface area contributed by atoms with Crippen molar-refractivity contribution in [2.45, 2.75) is 19.4 Å². The number of hydrogen-bond acceptors (Lipinski definition) is 2. The van der Waals surface area contributed by atoms with E-state index in [0.29, 0.717) is 18.4 Å². The molecule has 1 unspecified atom stereocenters. The summed E-state index contributed by atoms with van der Waals surface area (Å²) >= 11 is 0. The molecule has 0 saturated heterocycles. The lowest BCUT2D eigenvalue weighted by atomic mass is 10.1. The normalized spacial score (nSPS) is 12.1. The van der Waals surface area contributed by atoms with Gasteiger partial charge in [-0.25, -0.2) is 4.79 Å². The average Bonchev–Trinajstić information content (AvgIpc) is 2.83. The number of aromatic nitrogens is 1. The van der Waals surface area contributed by atoms with Gasteiger partial charge in [-0.3, -0.25) is 4.79 Å². The third-order valence-corrected chi connectivity index (χ3v) is 3.10. The van der Waals surface area contributed by atoms with Gasteiger partial charge in [0, 0.05) is 6.04 Å². The summed E-state index contributed by atoms with van der Waals surface area (Å²) in [6, 6.07) is 12.7. The van der Waals surface area contributed by atoms with Crippen LogP contribution in [0.25, 0.3) is 0 Å². The maximum Gasteiger partial charge on any atom is 0.352 e. The van der Waals surface area contributed by atoms with Gasteiger partial charge in [0.15, 0.2) is 6.29 Å². The fourth-order valence-corrected chi connectivity index (χ4v) is 2.27. The molecule has 0 spiro atoms. The summed E-state index contributed by atoms with van der Waals surface area (Å²) in [5.74, 6) is -1.02. The molecule has 1 aromatic carbocycles. The van der Waals surface area contributed by atoms with Crippen LogP contribution in [0.2, 0.25) is 0 Å². The number of carboxylic acid groups (broad SMARTS) is 1.